The van der Waals surface area contributed by atoms with E-state index in [1.807, 2.05) is 0 Å². The monoisotopic (exact) mass is 310 g/mol. The minimum absolute atomic E-state index is 0.0440. The largest absolute Gasteiger partial charge is 0.337 e. The Morgan fingerprint density at radius 1 is 1.24 bits per heavy atom. The predicted molar refractivity (Wildman–Crippen MR) is 80.3 cm³/mol. The summed E-state index contributed by atoms with van der Waals surface area (Å²) >= 11 is 0. The standard InChI is InChI=1S/C14H18N2O4S/c1-10(17)11-4-6-12(7-5-11)16-14(18)15-9-13-3-2-8-21(13,19)20/h4-7,13H,2-3,8-9H2,1H3,(H2,15,16,18). The fourth-order valence-electron chi connectivity index (χ4n) is 2.26. The maximum absolute atomic E-state index is 11.7. The first-order valence-corrected chi connectivity index (χ1v) is 8.47. The van der Waals surface area contributed by atoms with E-state index >= 15 is 0 Å². The third kappa shape index (κ3) is 4.04. The number of carbonyl (C=O) groups excluding carboxylic acids is 2. The van der Waals surface area contributed by atoms with E-state index in [1.165, 1.54) is 6.92 Å². The summed E-state index contributed by atoms with van der Waals surface area (Å²) in [6, 6.07) is 6.05. The number of nitrogens with one attached hydrogen (secondary N) is 2. The van der Waals surface area contributed by atoms with E-state index < -0.39 is 21.1 Å². The highest BCUT2D eigenvalue weighted by Gasteiger charge is 2.31. The number of ketones is 1. The Kier molecular flexibility index (Phi) is 4.62. The molecule has 2 N–H and O–H groups in total. The van der Waals surface area contributed by atoms with Crippen LogP contribution in [0.2, 0.25) is 0 Å². The van der Waals surface area contributed by atoms with Gasteiger partial charge >= 0.3 is 6.03 Å². The molecule has 6 nitrogen and oxygen atoms in total. The fourth-order valence-corrected chi connectivity index (χ4v) is 4.02. The molecule has 1 heterocycles. The topological polar surface area (TPSA) is 92.3 Å². The van der Waals surface area contributed by atoms with Crippen LogP contribution in [0.4, 0.5) is 10.5 Å². The summed E-state index contributed by atoms with van der Waals surface area (Å²) in [6.07, 6.45) is 1.25. The molecule has 1 aliphatic rings. The minimum Gasteiger partial charge on any atom is -0.337 e. The van der Waals surface area contributed by atoms with Gasteiger partial charge in [-0.05, 0) is 44.0 Å². The zero-order valence-electron chi connectivity index (χ0n) is 11.8. The summed E-state index contributed by atoms with van der Waals surface area (Å²) in [5, 5.41) is 4.69. The average molecular weight is 310 g/mol. The Balaban J connectivity index is 1.86. The summed E-state index contributed by atoms with van der Waals surface area (Å²) in [5.41, 5.74) is 1.12. The minimum atomic E-state index is -3.05. The summed E-state index contributed by atoms with van der Waals surface area (Å²) in [7, 11) is -3.05. The Labute approximate surface area is 123 Å². The number of benzene rings is 1. The predicted octanol–water partition coefficient (Wildman–Crippen LogP) is 1.59. The van der Waals surface area contributed by atoms with Gasteiger partial charge in [0.25, 0.3) is 0 Å². The molecule has 1 fully saturated rings. The van der Waals surface area contributed by atoms with Crippen molar-refractivity contribution in [1.29, 1.82) is 0 Å². The van der Waals surface area contributed by atoms with Gasteiger partial charge in [0.1, 0.15) is 0 Å². The van der Waals surface area contributed by atoms with Crippen molar-refractivity contribution in [2.45, 2.75) is 25.0 Å². The van der Waals surface area contributed by atoms with Crippen molar-refractivity contribution in [1.82, 2.24) is 5.32 Å². The van der Waals surface area contributed by atoms with E-state index in [0.29, 0.717) is 24.1 Å². The van der Waals surface area contributed by atoms with Gasteiger partial charge in [-0.15, -0.1) is 0 Å². The maximum atomic E-state index is 11.7. The highest BCUT2D eigenvalue weighted by atomic mass is 32.2. The molecule has 0 spiro atoms. The van der Waals surface area contributed by atoms with Crippen molar-refractivity contribution < 1.29 is 18.0 Å². The molecule has 1 aliphatic heterocycles. The van der Waals surface area contributed by atoms with Crippen LogP contribution >= 0.6 is 0 Å². The van der Waals surface area contributed by atoms with Crippen molar-refractivity contribution in [2.24, 2.45) is 0 Å². The van der Waals surface area contributed by atoms with Crippen LogP contribution in [0.3, 0.4) is 0 Å². The molecule has 2 rings (SSSR count). The summed E-state index contributed by atoms with van der Waals surface area (Å²) in [4.78, 5) is 22.8. The van der Waals surface area contributed by atoms with Crippen molar-refractivity contribution in [3.8, 4) is 0 Å². The first-order chi connectivity index (χ1) is 9.88. The smallest absolute Gasteiger partial charge is 0.319 e. The van der Waals surface area contributed by atoms with Gasteiger partial charge < -0.3 is 10.6 Å². The molecule has 1 aromatic carbocycles. The quantitative estimate of drug-likeness (QED) is 0.826. The Bertz CT molecular complexity index is 637. The number of Topliss-reactive ketones (excluding diaryl/α,β-unsaturated/α-hetero) is 1. The van der Waals surface area contributed by atoms with Crippen LogP contribution in [0.15, 0.2) is 24.3 Å². The number of anilines is 1. The van der Waals surface area contributed by atoms with Gasteiger partial charge in [0, 0.05) is 17.8 Å². The molecule has 0 radical (unpaired) electrons. The van der Waals surface area contributed by atoms with Crippen LogP contribution in [-0.4, -0.2) is 37.8 Å². The second-order valence-corrected chi connectivity index (χ2v) is 7.50. The Hall–Kier alpha value is -1.89. The molecule has 0 aliphatic carbocycles. The zero-order chi connectivity index (χ0) is 15.5. The Morgan fingerprint density at radius 2 is 1.90 bits per heavy atom. The van der Waals surface area contributed by atoms with E-state index in [9.17, 15) is 18.0 Å². The number of amides is 2. The van der Waals surface area contributed by atoms with Gasteiger partial charge in [-0.25, -0.2) is 13.2 Å². The number of hydrogen-bond acceptors (Lipinski definition) is 4. The van der Waals surface area contributed by atoms with Gasteiger partial charge in [0.05, 0.1) is 11.0 Å². The van der Waals surface area contributed by atoms with E-state index in [-0.39, 0.29) is 18.1 Å². The number of rotatable bonds is 4. The molecular weight excluding hydrogens is 292 g/mol. The molecule has 1 unspecified atom stereocenters. The maximum Gasteiger partial charge on any atom is 0.319 e. The molecular formula is C14H18N2O4S. The fraction of sp³-hybridized carbons (Fsp3) is 0.429. The number of sulfone groups is 1. The van der Waals surface area contributed by atoms with E-state index in [1.54, 1.807) is 24.3 Å². The summed E-state index contributed by atoms with van der Waals surface area (Å²) < 4.78 is 23.3. The van der Waals surface area contributed by atoms with Crippen LogP contribution in [0, 0.1) is 0 Å². The number of hydrogen-bond donors (Lipinski definition) is 2. The molecule has 7 heteroatoms. The molecule has 0 saturated carbocycles. The first kappa shape index (κ1) is 15.5. The number of carbonyl (C=O) groups is 2. The van der Waals surface area contributed by atoms with Gasteiger partial charge in [-0.3, -0.25) is 4.79 Å². The molecule has 0 aromatic heterocycles. The second kappa shape index (κ2) is 6.26. The average Bonchev–Trinajstić information content (AvgIpc) is 2.76. The number of urea groups is 1. The molecule has 1 saturated heterocycles. The van der Waals surface area contributed by atoms with Crippen molar-refractivity contribution in [3.63, 3.8) is 0 Å². The Morgan fingerprint density at radius 3 is 2.43 bits per heavy atom. The third-order valence-corrected chi connectivity index (χ3v) is 5.78. The van der Waals surface area contributed by atoms with E-state index in [2.05, 4.69) is 10.6 Å². The molecule has 1 aromatic rings. The first-order valence-electron chi connectivity index (χ1n) is 6.76. The lowest BCUT2D eigenvalue weighted by Gasteiger charge is -2.12. The lowest BCUT2D eigenvalue weighted by molar-refractivity contribution is 0.101. The normalized spacial score (nSPS) is 20.0. The molecule has 114 valence electrons. The molecule has 1 atom stereocenters. The molecule has 2 amide bonds. The zero-order valence-corrected chi connectivity index (χ0v) is 12.6. The van der Waals surface area contributed by atoms with Crippen molar-refractivity contribution >= 4 is 27.3 Å². The van der Waals surface area contributed by atoms with Gasteiger partial charge in [0.2, 0.25) is 0 Å². The van der Waals surface area contributed by atoms with Crippen molar-refractivity contribution in [3.05, 3.63) is 29.8 Å². The van der Waals surface area contributed by atoms with Crippen molar-refractivity contribution in [2.75, 3.05) is 17.6 Å². The SMILES string of the molecule is CC(=O)c1ccc(NC(=O)NCC2CCCS2(=O)=O)cc1. The van der Waals surface area contributed by atoms with Crippen LogP contribution in [0.25, 0.3) is 0 Å². The van der Waals surface area contributed by atoms with Crippen LogP contribution in [0.5, 0.6) is 0 Å². The van der Waals surface area contributed by atoms with Gasteiger partial charge in [-0.2, -0.15) is 0 Å². The van der Waals surface area contributed by atoms with Gasteiger partial charge in [-0.1, -0.05) is 0 Å². The van der Waals surface area contributed by atoms with Crippen LogP contribution < -0.4 is 10.6 Å². The highest BCUT2D eigenvalue weighted by molar-refractivity contribution is 7.92. The molecule has 21 heavy (non-hydrogen) atoms. The van der Waals surface area contributed by atoms with Crippen LogP contribution in [-0.2, 0) is 9.84 Å². The lowest BCUT2D eigenvalue weighted by Crippen LogP contribution is -2.37. The van der Waals surface area contributed by atoms with E-state index in [0.717, 1.165) is 0 Å². The highest BCUT2D eigenvalue weighted by Crippen LogP contribution is 2.19. The third-order valence-electron chi connectivity index (χ3n) is 3.50. The van der Waals surface area contributed by atoms with Gasteiger partial charge in [0.15, 0.2) is 15.6 Å². The van der Waals surface area contributed by atoms with Crippen LogP contribution in [0.1, 0.15) is 30.1 Å². The summed E-state index contributed by atoms with van der Waals surface area (Å²) in [5.74, 6) is 0.158. The summed E-state index contributed by atoms with van der Waals surface area (Å²) in [6.45, 7) is 1.59. The molecule has 0 bridgehead atoms. The van der Waals surface area contributed by atoms with E-state index in [4.69, 9.17) is 0 Å². The lowest BCUT2D eigenvalue weighted by atomic mass is 10.1. The second-order valence-electron chi connectivity index (χ2n) is 5.10.